The van der Waals surface area contributed by atoms with Crippen molar-refractivity contribution in [3.8, 4) is 17.1 Å². The van der Waals surface area contributed by atoms with E-state index in [4.69, 9.17) is 4.42 Å². The van der Waals surface area contributed by atoms with Crippen LogP contribution in [0.2, 0.25) is 0 Å². The molecular weight excluding hydrogens is 517 g/mol. The molecule has 2 heterocycles. The van der Waals surface area contributed by atoms with Crippen molar-refractivity contribution in [1.82, 2.24) is 30.4 Å². The minimum atomic E-state index is 0. The molecule has 8 nitrogen and oxygen atoms in total. The highest BCUT2D eigenvalue weighted by molar-refractivity contribution is 14.0. The number of nitrogens with zero attached hydrogens (tertiary/aromatic N) is 5. The summed E-state index contributed by atoms with van der Waals surface area (Å²) in [4.78, 5) is 9.17. The average Bonchev–Trinajstić information content (AvgIpc) is 3.46. The van der Waals surface area contributed by atoms with Crippen molar-refractivity contribution in [1.29, 1.82) is 0 Å². The van der Waals surface area contributed by atoms with Crippen molar-refractivity contribution in [2.75, 3.05) is 6.54 Å². The first-order valence-corrected chi connectivity index (χ1v) is 10.2. The van der Waals surface area contributed by atoms with Crippen molar-refractivity contribution in [3.05, 3.63) is 84.3 Å². The van der Waals surface area contributed by atoms with Crippen LogP contribution in [0.3, 0.4) is 0 Å². The smallest absolute Gasteiger partial charge is 0.226 e. The van der Waals surface area contributed by atoms with E-state index < -0.39 is 0 Å². The zero-order valence-corrected chi connectivity index (χ0v) is 20.4. The molecular formula is C23H26IN7O. The number of hydrogen-bond acceptors (Lipinski definition) is 5. The number of aromatic nitrogens is 4. The molecule has 0 saturated heterocycles. The van der Waals surface area contributed by atoms with E-state index in [-0.39, 0.29) is 24.0 Å². The van der Waals surface area contributed by atoms with Crippen molar-refractivity contribution in [2.24, 2.45) is 4.99 Å². The first-order chi connectivity index (χ1) is 15.2. The maximum absolute atomic E-state index is 5.62. The average molecular weight is 543 g/mol. The maximum Gasteiger partial charge on any atom is 0.226 e. The van der Waals surface area contributed by atoms with E-state index in [1.54, 1.807) is 12.6 Å². The van der Waals surface area contributed by atoms with Gasteiger partial charge in [0.1, 0.15) is 18.3 Å². The molecule has 166 valence electrons. The van der Waals surface area contributed by atoms with Crippen LogP contribution in [0.5, 0.6) is 0 Å². The first-order valence-electron chi connectivity index (χ1n) is 10.2. The summed E-state index contributed by atoms with van der Waals surface area (Å²) in [5, 5.41) is 14.8. The van der Waals surface area contributed by atoms with Crippen molar-refractivity contribution >= 4 is 29.9 Å². The fourth-order valence-electron chi connectivity index (χ4n) is 3.06. The van der Waals surface area contributed by atoms with Gasteiger partial charge >= 0.3 is 0 Å². The first kappa shape index (κ1) is 23.5. The zero-order chi connectivity index (χ0) is 21.5. The fraction of sp³-hybridized carbons (Fsp3) is 0.217. The number of para-hydroxylation sites is 1. The van der Waals surface area contributed by atoms with Gasteiger partial charge in [0.05, 0.1) is 13.1 Å². The van der Waals surface area contributed by atoms with Gasteiger partial charge in [-0.25, -0.2) is 9.98 Å². The molecule has 2 N–H and O–H groups in total. The van der Waals surface area contributed by atoms with Crippen LogP contribution in [-0.2, 0) is 13.1 Å². The Morgan fingerprint density at radius 1 is 1.06 bits per heavy atom. The Balaban J connectivity index is 0.00000289. The molecule has 4 rings (SSSR count). The van der Waals surface area contributed by atoms with E-state index in [0.29, 0.717) is 24.9 Å². The molecule has 9 heteroatoms. The molecule has 0 unspecified atom stereocenters. The lowest BCUT2D eigenvalue weighted by Crippen LogP contribution is -2.37. The van der Waals surface area contributed by atoms with Crippen LogP contribution in [-0.4, -0.2) is 32.3 Å². The Bertz CT molecular complexity index is 1140. The lowest BCUT2D eigenvalue weighted by Gasteiger charge is -2.11. The molecule has 32 heavy (non-hydrogen) atoms. The molecule has 0 saturated carbocycles. The van der Waals surface area contributed by atoms with E-state index >= 15 is 0 Å². The van der Waals surface area contributed by atoms with Crippen molar-refractivity contribution in [2.45, 2.75) is 26.9 Å². The number of halogens is 1. The molecule has 0 aliphatic rings. The molecule has 0 atom stereocenters. The van der Waals surface area contributed by atoms with Gasteiger partial charge in [0, 0.05) is 17.8 Å². The third kappa shape index (κ3) is 5.94. The summed E-state index contributed by atoms with van der Waals surface area (Å²) in [5.41, 5.74) is 3.92. The molecule has 2 aromatic heterocycles. The normalized spacial score (nSPS) is 11.1. The minimum Gasteiger partial charge on any atom is -0.444 e. The monoisotopic (exact) mass is 543 g/mol. The second-order valence-corrected chi connectivity index (χ2v) is 7.01. The van der Waals surface area contributed by atoms with E-state index in [0.717, 1.165) is 29.3 Å². The number of aliphatic imine (C=N–C) groups is 1. The van der Waals surface area contributed by atoms with Crippen molar-refractivity contribution < 1.29 is 4.42 Å². The molecule has 0 aliphatic carbocycles. The Morgan fingerprint density at radius 3 is 2.59 bits per heavy atom. The number of nitrogens with one attached hydrogen (secondary N) is 2. The molecule has 2 aromatic carbocycles. The van der Waals surface area contributed by atoms with Gasteiger partial charge in [-0.2, -0.15) is 0 Å². The SMILES string of the molecule is CCNC(=NCc1coc(-c2ccc(C)cc2)n1)NCc1nncn1-c1ccccc1.I. The van der Waals surface area contributed by atoms with Gasteiger partial charge in [0.25, 0.3) is 0 Å². The van der Waals surface area contributed by atoms with Crippen LogP contribution in [0.25, 0.3) is 17.1 Å². The lowest BCUT2D eigenvalue weighted by atomic mass is 10.1. The zero-order valence-electron chi connectivity index (χ0n) is 18.0. The Kier molecular flexibility index (Phi) is 8.37. The summed E-state index contributed by atoms with van der Waals surface area (Å²) >= 11 is 0. The minimum absolute atomic E-state index is 0. The third-order valence-corrected chi connectivity index (χ3v) is 4.66. The van der Waals surface area contributed by atoms with Gasteiger partial charge in [0.15, 0.2) is 11.8 Å². The van der Waals surface area contributed by atoms with Gasteiger partial charge in [0.2, 0.25) is 5.89 Å². The Hall–Kier alpha value is -3.21. The molecule has 0 bridgehead atoms. The van der Waals surface area contributed by atoms with Gasteiger partial charge in [-0.3, -0.25) is 4.57 Å². The molecule has 0 spiro atoms. The molecule has 0 amide bonds. The Labute approximate surface area is 204 Å². The topological polar surface area (TPSA) is 93.2 Å². The largest absolute Gasteiger partial charge is 0.444 e. The number of benzene rings is 2. The predicted octanol–water partition coefficient (Wildman–Crippen LogP) is 4.10. The van der Waals surface area contributed by atoms with Gasteiger partial charge in [-0.1, -0.05) is 35.9 Å². The summed E-state index contributed by atoms with van der Waals surface area (Å²) in [6.45, 7) is 5.70. The van der Waals surface area contributed by atoms with E-state index in [1.165, 1.54) is 5.56 Å². The van der Waals surface area contributed by atoms with Crippen LogP contribution in [0.15, 0.2) is 76.6 Å². The van der Waals surface area contributed by atoms with Gasteiger partial charge in [-0.05, 0) is 38.1 Å². The van der Waals surface area contributed by atoms with Gasteiger partial charge in [-0.15, -0.1) is 34.2 Å². The van der Waals surface area contributed by atoms with E-state index in [2.05, 4.69) is 37.7 Å². The number of aryl methyl sites for hydroxylation is 1. The maximum atomic E-state index is 5.62. The van der Waals surface area contributed by atoms with Crippen LogP contribution in [0.4, 0.5) is 0 Å². The summed E-state index contributed by atoms with van der Waals surface area (Å²) in [5.74, 6) is 2.06. The van der Waals surface area contributed by atoms with Crippen LogP contribution >= 0.6 is 24.0 Å². The highest BCUT2D eigenvalue weighted by Crippen LogP contribution is 2.19. The molecule has 0 aliphatic heterocycles. The quantitative estimate of drug-likeness (QED) is 0.207. The summed E-state index contributed by atoms with van der Waals surface area (Å²) in [6, 6.07) is 18.1. The summed E-state index contributed by atoms with van der Waals surface area (Å²) in [6.07, 6.45) is 3.35. The molecule has 4 aromatic rings. The fourth-order valence-corrected chi connectivity index (χ4v) is 3.06. The Morgan fingerprint density at radius 2 is 1.84 bits per heavy atom. The van der Waals surface area contributed by atoms with Crippen molar-refractivity contribution in [3.63, 3.8) is 0 Å². The number of rotatable bonds is 7. The third-order valence-electron chi connectivity index (χ3n) is 4.66. The highest BCUT2D eigenvalue weighted by atomic mass is 127. The number of hydrogen-bond donors (Lipinski definition) is 2. The highest BCUT2D eigenvalue weighted by Gasteiger charge is 2.09. The predicted molar refractivity (Wildman–Crippen MR) is 135 cm³/mol. The summed E-state index contributed by atoms with van der Waals surface area (Å²) in [7, 11) is 0. The second-order valence-electron chi connectivity index (χ2n) is 7.01. The molecule has 0 radical (unpaired) electrons. The van der Waals surface area contributed by atoms with Crippen LogP contribution < -0.4 is 10.6 Å². The summed E-state index contributed by atoms with van der Waals surface area (Å²) < 4.78 is 7.57. The number of oxazole rings is 1. The van der Waals surface area contributed by atoms with E-state index in [1.807, 2.05) is 66.1 Å². The van der Waals surface area contributed by atoms with E-state index in [9.17, 15) is 0 Å². The molecule has 0 fully saturated rings. The van der Waals surface area contributed by atoms with Gasteiger partial charge < -0.3 is 15.1 Å². The van der Waals surface area contributed by atoms with Crippen LogP contribution in [0, 0.1) is 6.92 Å². The second kappa shape index (κ2) is 11.4. The van der Waals surface area contributed by atoms with Crippen LogP contribution in [0.1, 0.15) is 24.0 Å². The lowest BCUT2D eigenvalue weighted by molar-refractivity contribution is 0.572. The standard InChI is InChI=1S/C23H25N7O.HI/c1-3-24-23(26-14-21-29-27-16-30(21)20-7-5-4-6-8-20)25-13-19-15-31-22(28-19)18-11-9-17(2)10-12-18;/h4-12,15-16H,3,13-14H2,1-2H3,(H2,24,25,26);1H. The number of guanidine groups is 1.